The molecule has 228 valence electrons. The highest BCUT2D eigenvalue weighted by Crippen LogP contribution is 2.43. The molecular formula is C35H44ClN5O2. The van der Waals surface area contributed by atoms with E-state index < -0.39 is 5.92 Å². The molecule has 3 heterocycles. The maximum atomic E-state index is 13.8. The van der Waals surface area contributed by atoms with Crippen LogP contribution in [0.3, 0.4) is 0 Å². The highest BCUT2D eigenvalue weighted by molar-refractivity contribution is 6.30. The van der Waals surface area contributed by atoms with Crippen LogP contribution in [-0.4, -0.2) is 72.5 Å². The lowest BCUT2D eigenvalue weighted by Gasteiger charge is -2.40. The maximum absolute atomic E-state index is 13.8. The third-order valence-corrected chi connectivity index (χ3v) is 8.53. The van der Waals surface area contributed by atoms with Gasteiger partial charge in [0.1, 0.15) is 0 Å². The summed E-state index contributed by atoms with van der Waals surface area (Å²) in [5.74, 6) is -0.567. The Bertz CT molecular complexity index is 1440. The zero-order valence-corrected chi connectivity index (χ0v) is 26.8. The van der Waals surface area contributed by atoms with Crippen LogP contribution >= 0.6 is 11.6 Å². The number of terminal acetylenes is 1. The van der Waals surface area contributed by atoms with Gasteiger partial charge in [-0.2, -0.15) is 0 Å². The first-order chi connectivity index (χ1) is 20.7. The van der Waals surface area contributed by atoms with Gasteiger partial charge in [0, 0.05) is 81.5 Å². The first-order valence-electron chi connectivity index (χ1n) is 14.6. The van der Waals surface area contributed by atoms with Crippen LogP contribution in [0.2, 0.25) is 5.02 Å². The van der Waals surface area contributed by atoms with Crippen LogP contribution < -0.4 is 10.2 Å². The lowest BCUT2D eigenvalue weighted by Crippen LogP contribution is -2.50. The molecule has 0 spiro atoms. The molecule has 2 unspecified atom stereocenters. The van der Waals surface area contributed by atoms with Gasteiger partial charge in [0.25, 0.3) is 5.91 Å². The molecule has 3 aromatic rings. The monoisotopic (exact) mass is 601 g/mol. The van der Waals surface area contributed by atoms with Gasteiger partial charge in [0.2, 0.25) is 5.91 Å². The second kappa shape index (κ2) is 15.5. The summed E-state index contributed by atoms with van der Waals surface area (Å²) in [5.41, 5.74) is 5.83. The van der Waals surface area contributed by atoms with Crippen molar-refractivity contribution in [2.45, 2.75) is 32.7 Å². The molecule has 2 amide bonds. The largest absolute Gasteiger partial charge is 0.369 e. The molecule has 43 heavy (non-hydrogen) atoms. The van der Waals surface area contributed by atoms with Gasteiger partial charge < -0.3 is 19.7 Å². The summed E-state index contributed by atoms with van der Waals surface area (Å²) in [6.07, 6.45) is 11.8. The summed E-state index contributed by atoms with van der Waals surface area (Å²) in [4.78, 5) is 33.6. The second-order valence-corrected chi connectivity index (χ2v) is 11.3. The smallest absolute Gasteiger partial charge is 0.254 e. The Morgan fingerprint density at radius 3 is 2.30 bits per heavy atom. The molecule has 0 radical (unpaired) electrons. The molecule has 1 saturated heterocycles. The van der Waals surface area contributed by atoms with Gasteiger partial charge in [0.15, 0.2) is 0 Å². The van der Waals surface area contributed by atoms with Gasteiger partial charge in [-0.05, 0) is 61.7 Å². The summed E-state index contributed by atoms with van der Waals surface area (Å²) in [5, 5.41) is 3.96. The minimum atomic E-state index is -0.478. The fourth-order valence-electron chi connectivity index (χ4n) is 5.87. The number of nitrogens with zero attached hydrogens (tertiary/aromatic N) is 4. The number of rotatable bonds is 6. The van der Waals surface area contributed by atoms with E-state index in [0.717, 1.165) is 65.8 Å². The Hall–Kier alpha value is -3.99. The van der Waals surface area contributed by atoms with Gasteiger partial charge in [-0.1, -0.05) is 41.9 Å². The summed E-state index contributed by atoms with van der Waals surface area (Å²) < 4.78 is 2.07. The third-order valence-electron chi connectivity index (χ3n) is 8.29. The number of hydrogen-bond donors (Lipinski definition) is 1. The minimum Gasteiger partial charge on any atom is -0.369 e. The van der Waals surface area contributed by atoms with E-state index >= 15 is 0 Å². The van der Waals surface area contributed by atoms with Crippen molar-refractivity contribution in [2.24, 2.45) is 7.05 Å². The average molecular weight is 602 g/mol. The molecule has 1 fully saturated rings. The van der Waals surface area contributed by atoms with E-state index in [-0.39, 0.29) is 17.9 Å². The van der Waals surface area contributed by atoms with Gasteiger partial charge in [-0.25, -0.2) is 0 Å². The summed E-state index contributed by atoms with van der Waals surface area (Å²) in [6, 6.07) is 15.2. The first-order valence-corrected chi connectivity index (χ1v) is 14.9. The van der Waals surface area contributed by atoms with Gasteiger partial charge >= 0.3 is 0 Å². The molecule has 1 N–H and O–H groups in total. The number of benzene rings is 2. The van der Waals surface area contributed by atoms with Crippen molar-refractivity contribution in [3.8, 4) is 12.8 Å². The number of amides is 2. The van der Waals surface area contributed by atoms with Crippen LogP contribution in [0.4, 0.5) is 5.69 Å². The molecule has 8 heteroatoms. The van der Waals surface area contributed by atoms with E-state index in [1.54, 1.807) is 11.0 Å². The molecule has 0 aliphatic carbocycles. The molecule has 1 aromatic heterocycles. The fraction of sp³-hybridized carbons (Fsp3) is 0.371. The molecule has 2 aliphatic rings. The number of nitrogens with one attached hydrogen (secondary N) is 1. The normalized spacial score (nSPS) is 18.0. The van der Waals surface area contributed by atoms with Crippen LogP contribution in [0.5, 0.6) is 0 Å². The first kappa shape index (κ1) is 33.5. The highest BCUT2D eigenvalue weighted by Gasteiger charge is 2.43. The number of carbonyl (C=O) groups excluding carboxylic acids is 2. The van der Waals surface area contributed by atoms with Gasteiger partial charge in [-0.15, -0.1) is 19.4 Å². The highest BCUT2D eigenvalue weighted by atomic mass is 35.5. The quantitative estimate of drug-likeness (QED) is 0.296. The van der Waals surface area contributed by atoms with E-state index in [9.17, 15) is 9.59 Å². The van der Waals surface area contributed by atoms with Crippen LogP contribution in [0.25, 0.3) is 0 Å². The fourth-order valence-corrected chi connectivity index (χ4v) is 6.05. The Balaban J connectivity index is 0.000000953. The van der Waals surface area contributed by atoms with Gasteiger partial charge in [0.05, 0.1) is 12.0 Å². The maximum Gasteiger partial charge on any atom is 0.254 e. The van der Waals surface area contributed by atoms with Crippen molar-refractivity contribution >= 4 is 29.1 Å². The van der Waals surface area contributed by atoms with Gasteiger partial charge in [-0.3, -0.25) is 14.5 Å². The zero-order valence-electron chi connectivity index (χ0n) is 26.0. The van der Waals surface area contributed by atoms with E-state index in [1.807, 2.05) is 63.5 Å². The van der Waals surface area contributed by atoms with Crippen LogP contribution in [0.1, 0.15) is 51.6 Å². The zero-order chi connectivity index (χ0) is 31.7. The molecule has 2 aromatic carbocycles. The lowest BCUT2D eigenvalue weighted by atomic mass is 9.79. The SMILES string of the molecule is C#C.C=CC.Cc1c(C2C(C(=O)NCCN3CCN(c4cccc(Cl)c4)CC3)c3ccccc3C(=O)N2C)cn(C)c1C. The Morgan fingerprint density at radius 2 is 1.70 bits per heavy atom. The van der Waals surface area contributed by atoms with E-state index in [2.05, 4.69) is 65.2 Å². The van der Waals surface area contributed by atoms with Crippen molar-refractivity contribution < 1.29 is 9.59 Å². The molecule has 0 saturated carbocycles. The number of likely N-dealkylation sites (N-methyl/N-ethyl adjacent to an activating group) is 1. The number of fused-ring (bicyclic) bond motifs is 1. The number of aryl methyl sites for hydroxylation is 1. The van der Waals surface area contributed by atoms with Crippen LogP contribution in [0.15, 0.2) is 67.4 Å². The molecule has 2 aliphatic heterocycles. The molecular weight excluding hydrogens is 558 g/mol. The van der Waals surface area contributed by atoms with Crippen molar-refractivity contribution in [3.05, 3.63) is 100 Å². The Morgan fingerprint density at radius 1 is 1.05 bits per heavy atom. The number of allylic oxidation sites excluding steroid dienone is 1. The van der Waals surface area contributed by atoms with Crippen molar-refractivity contribution in [1.29, 1.82) is 0 Å². The third kappa shape index (κ3) is 7.51. The topological polar surface area (TPSA) is 60.8 Å². The number of piperazine rings is 1. The molecule has 2 atom stereocenters. The minimum absolute atomic E-state index is 0.0414. The van der Waals surface area contributed by atoms with E-state index in [1.165, 1.54) is 0 Å². The van der Waals surface area contributed by atoms with Crippen molar-refractivity contribution in [2.75, 3.05) is 51.2 Å². The standard InChI is InChI=1S/C30H36ClN5O2.C3H6.C2H2/c1-20-21(2)33(3)19-26(20)28-27(24-10-5-6-11-25(24)30(38)34(28)4)29(37)32-12-13-35-14-16-36(17-15-35)23-9-7-8-22(31)18-23;1-3-2;1-2/h5-11,18-19,27-28H,12-17H2,1-4H3,(H,32,37);3H,1H2,2H3;1-2H. The average Bonchev–Trinajstić information content (AvgIpc) is 3.27. The second-order valence-electron chi connectivity index (χ2n) is 10.8. The summed E-state index contributed by atoms with van der Waals surface area (Å²) in [6.45, 7) is 14.4. The lowest BCUT2D eigenvalue weighted by molar-refractivity contribution is -0.124. The molecule has 0 bridgehead atoms. The number of aromatic nitrogens is 1. The number of halogens is 1. The summed E-state index contributed by atoms with van der Waals surface area (Å²) in [7, 11) is 3.82. The summed E-state index contributed by atoms with van der Waals surface area (Å²) >= 11 is 6.17. The van der Waals surface area contributed by atoms with E-state index in [0.29, 0.717) is 12.1 Å². The Kier molecular flexibility index (Phi) is 12.1. The molecule has 7 nitrogen and oxygen atoms in total. The number of carbonyl (C=O) groups is 2. The Labute approximate surface area is 262 Å². The van der Waals surface area contributed by atoms with Crippen molar-refractivity contribution in [1.82, 2.24) is 19.7 Å². The van der Waals surface area contributed by atoms with Crippen molar-refractivity contribution in [3.63, 3.8) is 0 Å². The number of anilines is 1. The predicted octanol–water partition coefficient (Wildman–Crippen LogP) is 5.59. The van der Waals surface area contributed by atoms with Crippen LogP contribution in [-0.2, 0) is 11.8 Å². The molecule has 5 rings (SSSR count). The van der Waals surface area contributed by atoms with E-state index in [4.69, 9.17) is 11.6 Å². The van der Waals surface area contributed by atoms with Crippen LogP contribution in [0, 0.1) is 26.7 Å². The number of hydrogen-bond acceptors (Lipinski definition) is 4. The predicted molar refractivity (Wildman–Crippen MR) is 178 cm³/mol.